The van der Waals surface area contributed by atoms with Crippen molar-refractivity contribution < 1.29 is 9.53 Å². The molecule has 122 valence electrons. The molecule has 0 aliphatic carbocycles. The second-order valence-corrected chi connectivity index (χ2v) is 5.32. The van der Waals surface area contributed by atoms with Crippen molar-refractivity contribution in [3.05, 3.63) is 78.1 Å². The summed E-state index contributed by atoms with van der Waals surface area (Å²) in [5.41, 5.74) is 2.41. The molecule has 0 saturated carbocycles. The zero-order chi connectivity index (χ0) is 16.8. The van der Waals surface area contributed by atoms with Gasteiger partial charge in [-0.3, -0.25) is 9.48 Å². The van der Waals surface area contributed by atoms with Crippen LogP contribution < -0.4 is 10.1 Å². The van der Waals surface area contributed by atoms with Crippen LogP contribution in [0, 0.1) is 0 Å². The Morgan fingerprint density at radius 2 is 1.88 bits per heavy atom. The lowest BCUT2D eigenvalue weighted by Gasteiger charge is -2.05. The summed E-state index contributed by atoms with van der Waals surface area (Å²) < 4.78 is 7.17. The van der Waals surface area contributed by atoms with Crippen molar-refractivity contribution in [2.24, 2.45) is 0 Å². The third-order valence-electron chi connectivity index (χ3n) is 3.51. The number of anilines is 1. The highest BCUT2D eigenvalue weighted by atomic mass is 16.5. The third kappa shape index (κ3) is 4.01. The number of ether oxygens (including phenoxy) is 1. The Kier molecular flexibility index (Phi) is 4.91. The van der Waals surface area contributed by atoms with Crippen LogP contribution in [0.4, 0.5) is 5.69 Å². The zero-order valence-electron chi connectivity index (χ0n) is 13.5. The van der Waals surface area contributed by atoms with Gasteiger partial charge < -0.3 is 10.1 Å². The lowest BCUT2D eigenvalue weighted by Crippen LogP contribution is -2.11. The summed E-state index contributed by atoms with van der Waals surface area (Å²) in [4.78, 5) is 12.3. The third-order valence-corrected chi connectivity index (χ3v) is 3.51. The average molecular weight is 321 g/mol. The van der Waals surface area contributed by atoms with E-state index in [1.54, 1.807) is 35.1 Å². The molecule has 24 heavy (non-hydrogen) atoms. The van der Waals surface area contributed by atoms with Crippen LogP contribution in [-0.2, 0) is 6.54 Å². The largest absolute Gasteiger partial charge is 0.494 e. The smallest absolute Gasteiger partial charge is 0.255 e. The summed E-state index contributed by atoms with van der Waals surface area (Å²) in [5, 5.41) is 7.13. The van der Waals surface area contributed by atoms with Crippen LogP contribution in [0.5, 0.6) is 5.75 Å². The van der Waals surface area contributed by atoms with Crippen LogP contribution >= 0.6 is 0 Å². The Balaban J connectivity index is 1.62. The highest BCUT2D eigenvalue weighted by molar-refractivity contribution is 6.04. The molecule has 0 bridgehead atoms. The van der Waals surface area contributed by atoms with E-state index in [1.165, 1.54) is 0 Å². The number of nitrogens with one attached hydrogen (secondary N) is 1. The summed E-state index contributed by atoms with van der Waals surface area (Å²) in [5.74, 6) is 0.585. The van der Waals surface area contributed by atoms with Crippen molar-refractivity contribution in [2.45, 2.75) is 13.5 Å². The molecule has 3 aromatic rings. The molecule has 0 saturated heterocycles. The van der Waals surface area contributed by atoms with Gasteiger partial charge >= 0.3 is 0 Å². The molecular weight excluding hydrogens is 302 g/mol. The van der Waals surface area contributed by atoms with Gasteiger partial charge in [-0.05, 0) is 36.8 Å². The first kappa shape index (κ1) is 15.8. The van der Waals surface area contributed by atoms with Gasteiger partial charge in [0.15, 0.2) is 0 Å². The van der Waals surface area contributed by atoms with E-state index in [0.717, 1.165) is 11.3 Å². The SMILES string of the molecule is CCOc1ccc(C(=O)Nc2cnn(Cc3ccccc3)c2)cc1. The molecule has 0 atom stereocenters. The number of carbonyl (C=O) groups excluding carboxylic acids is 1. The van der Waals surface area contributed by atoms with Crippen LogP contribution in [0.25, 0.3) is 0 Å². The van der Waals surface area contributed by atoms with E-state index >= 15 is 0 Å². The standard InChI is InChI=1S/C19H19N3O2/c1-2-24-18-10-8-16(9-11-18)19(23)21-17-12-20-22(14-17)13-15-6-4-3-5-7-15/h3-12,14H,2,13H2,1H3,(H,21,23). The molecule has 2 aromatic carbocycles. The summed E-state index contributed by atoms with van der Waals surface area (Å²) in [6.07, 6.45) is 3.47. The maximum absolute atomic E-state index is 12.3. The minimum absolute atomic E-state index is 0.169. The molecule has 3 rings (SSSR count). The van der Waals surface area contributed by atoms with Gasteiger partial charge in [0.05, 0.1) is 25.0 Å². The number of hydrogen-bond donors (Lipinski definition) is 1. The van der Waals surface area contributed by atoms with E-state index in [4.69, 9.17) is 4.74 Å². The van der Waals surface area contributed by atoms with Gasteiger partial charge in [-0.1, -0.05) is 30.3 Å². The molecule has 0 aliphatic heterocycles. The van der Waals surface area contributed by atoms with Crippen molar-refractivity contribution in [3.8, 4) is 5.75 Å². The van der Waals surface area contributed by atoms with Crippen molar-refractivity contribution in [1.82, 2.24) is 9.78 Å². The Labute approximate surface area is 140 Å². The molecule has 0 radical (unpaired) electrons. The van der Waals surface area contributed by atoms with Crippen molar-refractivity contribution >= 4 is 11.6 Å². The predicted octanol–water partition coefficient (Wildman–Crippen LogP) is 3.58. The maximum Gasteiger partial charge on any atom is 0.255 e. The molecule has 0 unspecified atom stereocenters. The van der Waals surface area contributed by atoms with Gasteiger partial charge in [-0.25, -0.2) is 0 Å². The Morgan fingerprint density at radius 1 is 1.12 bits per heavy atom. The van der Waals surface area contributed by atoms with E-state index in [9.17, 15) is 4.79 Å². The molecular formula is C19H19N3O2. The molecule has 5 heteroatoms. The summed E-state index contributed by atoms with van der Waals surface area (Å²) in [6, 6.07) is 17.1. The number of aromatic nitrogens is 2. The highest BCUT2D eigenvalue weighted by Crippen LogP contribution is 2.14. The number of hydrogen-bond acceptors (Lipinski definition) is 3. The Hall–Kier alpha value is -3.08. The topological polar surface area (TPSA) is 56.1 Å². The Morgan fingerprint density at radius 3 is 2.58 bits per heavy atom. The van der Waals surface area contributed by atoms with Crippen molar-refractivity contribution in [1.29, 1.82) is 0 Å². The lowest BCUT2D eigenvalue weighted by molar-refractivity contribution is 0.102. The zero-order valence-corrected chi connectivity index (χ0v) is 13.5. The van der Waals surface area contributed by atoms with E-state index < -0.39 is 0 Å². The van der Waals surface area contributed by atoms with E-state index in [-0.39, 0.29) is 5.91 Å². The van der Waals surface area contributed by atoms with Crippen LogP contribution in [0.1, 0.15) is 22.8 Å². The minimum Gasteiger partial charge on any atom is -0.494 e. The van der Waals surface area contributed by atoms with Gasteiger partial charge in [-0.15, -0.1) is 0 Å². The fraction of sp³-hybridized carbons (Fsp3) is 0.158. The number of carbonyl (C=O) groups is 1. The van der Waals surface area contributed by atoms with Gasteiger partial charge in [0.25, 0.3) is 5.91 Å². The second kappa shape index (κ2) is 7.46. The van der Waals surface area contributed by atoms with Gasteiger partial charge in [0, 0.05) is 11.8 Å². The van der Waals surface area contributed by atoms with Gasteiger partial charge in [0.2, 0.25) is 0 Å². The van der Waals surface area contributed by atoms with E-state index in [1.807, 2.05) is 43.5 Å². The Bertz CT molecular complexity index is 795. The van der Waals surface area contributed by atoms with Gasteiger partial charge in [0.1, 0.15) is 5.75 Å². The van der Waals surface area contributed by atoms with Crippen molar-refractivity contribution in [3.63, 3.8) is 0 Å². The maximum atomic E-state index is 12.3. The monoisotopic (exact) mass is 321 g/mol. The fourth-order valence-electron chi connectivity index (χ4n) is 2.36. The molecule has 0 spiro atoms. The number of nitrogens with zero attached hydrogens (tertiary/aromatic N) is 2. The first-order valence-electron chi connectivity index (χ1n) is 7.85. The molecule has 1 aromatic heterocycles. The lowest BCUT2D eigenvalue weighted by atomic mass is 10.2. The van der Waals surface area contributed by atoms with E-state index in [0.29, 0.717) is 24.4 Å². The molecule has 0 fully saturated rings. The highest BCUT2D eigenvalue weighted by Gasteiger charge is 2.08. The number of benzene rings is 2. The molecule has 5 nitrogen and oxygen atoms in total. The minimum atomic E-state index is -0.169. The van der Waals surface area contributed by atoms with Crippen LogP contribution in [0.3, 0.4) is 0 Å². The summed E-state index contributed by atoms with van der Waals surface area (Å²) in [7, 11) is 0. The van der Waals surface area contributed by atoms with Crippen LogP contribution in [-0.4, -0.2) is 22.3 Å². The van der Waals surface area contributed by atoms with Gasteiger partial charge in [-0.2, -0.15) is 5.10 Å². The van der Waals surface area contributed by atoms with E-state index in [2.05, 4.69) is 10.4 Å². The summed E-state index contributed by atoms with van der Waals surface area (Å²) >= 11 is 0. The first-order chi connectivity index (χ1) is 11.7. The number of amides is 1. The number of rotatable bonds is 6. The first-order valence-corrected chi connectivity index (χ1v) is 7.85. The summed E-state index contributed by atoms with van der Waals surface area (Å²) in [6.45, 7) is 3.19. The molecule has 0 aliphatic rings. The molecule has 1 heterocycles. The fourth-order valence-corrected chi connectivity index (χ4v) is 2.36. The predicted molar refractivity (Wildman–Crippen MR) is 93.3 cm³/mol. The second-order valence-electron chi connectivity index (χ2n) is 5.32. The molecule has 1 N–H and O–H groups in total. The van der Waals surface area contributed by atoms with Crippen molar-refractivity contribution in [2.75, 3.05) is 11.9 Å². The quantitative estimate of drug-likeness (QED) is 0.755. The molecule has 1 amide bonds. The normalized spacial score (nSPS) is 10.4. The average Bonchev–Trinajstić information content (AvgIpc) is 3.03. The van der Waals surface area contributed by atoms with Crippen LogP contribution in [0.2, 0.25) is 0 Å². The van der Waals surface area contributed by atoms with Crippen LogP contribution in [0.15, 0.2) is 67.0 Å².